The molecule has 25 heavy (non-hydrogen) atoms. The van der Waals surface area contributed by atoms with Crippen molar-refractivity contribution >= 4 is 21.1 Å². The van der Waals surface area contributed by atoms with Crippen LogP contribution < -0.4 is 5.69 Å². The van der Waals surface area contributed by atoms with Gasteiger partial charge in [0.15, 0.2) is 0 Å². The number of aryl methyl sites for hydroxylation is 1. The summed E-state index contributed by atoms with van der Waals surface area (Å²) in [7, 11) is -2.04. The fraction of sp³-hybridized carbons (Fsp3) is 0.278. The molecular weight excluding hydrogens is 338 g/mol. The zero-order chi connectivity index (χ0) is 17.6. The van der Waals surface area contributed by atoms with Gasteiger partial charge in [-0.3, -0.25) is 0 Å². The van der Waals surface area contributed by atoms with Gasteiger partial charge in [-0.05, 0) is 48.6 Å². The fourth-order valence-electron chi connectivity index (χ4n) is 3.61. The molecule has 0 aliphatic heterocycles. The highest BCUT2D eigenvalue weighted by atomic mass is 32.2. The van der Waals surface area contributed by atoms with E-state index in [1.807, 2.05) is 18.2 Å². The lowest BCUT2D eigenvalue weighted by Gasteiger charge is -2.32. The highest BCUT2D eigenvalue weighted by Gasteiger charge is 2.32. The van der Waals surface area contributed by atoms with Crippen LogP contribution in [0.25, 0.3) is 11.0 Å². The highest BCUT2D eigenvalue weighted by molar-refractivity contribution is 7.89. The van der Waals surface area contributed by atoms with Gasteiger partial charge in [0.25, 0.3) is 0 Å². The quantitative estimate of drug-likeness (QED) is 0.755. The van der Waals surface area contributed by atoms with Gasteiger partial charge in [0, 0.05) is 13.1 Å². The molecule has 0 spiro atoms. The summed E-state index contributed by atoms with van der Waals surface area (Å²) in [6, 6.07) is 12.5. The Balaban J connectivity index is 1.75. The number of benzene rings is 2. The first-order valence-electron chi connectivity index (χ1n) is 8.25. The van der Waals surface area contributed by atoms with Crippen molar-refractivity contribution in [3.05, 3.63) is 64.1 Å². The third-order valence-corrected chi connectivity index (χ3v) is 6.80. The minimum absolute atomic E-state index is 0.170. The second-order valence-corrected chi connectivity index (χ2v) is 8.41. The first kappa shape index (κ1) is 16.1. The molecule has 2 N–H and O–H groups in total. The number of H-pyrrole nitrogens is 2. The summed E-state index contributed by atoms with van der Waals surface area (Å²) < 4.78 is 27.7. The molecule has 1 atom stereocenters. The normalized spacial score (nSPS) is 17.8. The Morgan fingerprint density at radius 2 is 1.84 bits per heavy atom. The van der Waals surface area contributed by atoms with Crippen LogP contribution in [0.1, 0.15) is 30.0 Å². The average molecular weight is 357 g/mol. The summed E-state index contributed by atoms with van der Waals surface area (Å²) in [5.41, 5.74) is 3.03. The van der Waals surface area contributed by atoms with Gasteiger partial charge in [-0.25, -0.2) is 13.2 Å². The molecule has 0 radical (unpaired) electrons. The molecule has 1 aromatic heterocycles. The van der Waals surface area contributed by atoms with Crippen molar-refractivity contribution in [1.29, 1.82) is 0 Å². The van der Waals surface area contributed by atoms with Crippen molar-refractivity contribution in [3.8, 4) is 0 Å². The second kappa shape index (κ2) is 5.86. The van der Waals surface area contributed by atoms with Gasteiger partial charge in [0.1, 0.15) is 0 Å². The van der Waals surface area contributed by atoms with Crippen LogP contribution >= 0.6 is 0 Å². The fourth-order valence-corrected chi connectivity index (χ4v) is 5.01. The summed E-state index contributed by atoms with van der Waals surface area (Å²) in [6.45, 7) is 0. The van der Waals surface area contributed by atoms with Crippen LogP contribution in [-0.4, -0.2) is 29.7 Å². The first-order chi connectivity index (χ1) is 12.0. The Bertz CT molecular complexity index is 1100. The summed E-state index contributed by atoms with van der Waals surface area (Å²) >= 11 is 0. The van der Waals surface area contributed by atoms with Crippen molar-refractivity contribution in [2.45, 2.75) is 30.2 Å². The van der Waals surface area contributed by atoms with Crippen LogP contribution in [-0.2, 0) is 16.4 Å². The van der Waals surface area contributed by atoms with Crippen LogP contribution in [0, 0.1) is 0 Å². The van der Waals surface area contributed by atoms with Gasteiger partial charge < -0.3 is 9.97 Å². The molecular formula is C18H19N3O3S. The summed E-state index contributed by atoms with van der Waals surface area (Å²) in [5, 5.41) is 0. The lowest BCUT2D eigenvalue weighted by atomic mass is 9.88. The Hall–Kier alpha value is -2.38. The van der Waals surface area contributed by atoms with E-state index >= 15 is 0 Å². The zero-order valence-corrected chi connectivity index (χ0v) is 14.6. The molecule has 0 saturated carbocycles. The molecule has 2 aromatic carbocycles. The van der Waals surface area contributed by atoms with E-state index in [1.54, 1.807) is 13.1 Å². The number of aromatic amines is 2. The largest absolute Gasteiger partial charge is 0.323 e. The van der Waals surface area contributed by atoms with Gasteiger partial charge >= 0.3 is 5.69 Å². The third kappa shape index (κ3) is 2.69. The molecule has 130 valence electrons. The SMILES string of the molecule is CN([C@@H]1CCCc2ccccc21)S(=O)(=O)c1ccc2[nH]c(=O)[nH]c2c1. The van der Waals surface area contributed by atoms with Gasteiger partial charge in [-0.2, -0.15) is 4.31 Å². The number of rotatable bonds is 3. The van der Waals surface area contributed by atoms with Crippen LogP contribution in [0.5, 0.6) is 0 Å². The summed E-state index contributed by atoms with van der Waals surface area (Å²) in [4.78, 5) is 16.8. The minimum atomic E-state index is -3.67. The Morgan fingerprint density at radius 1 is 1.08 bits per heavy atom. The first-order valence-corrected chi connectivity index (χ1v) is 9.69. The van der Waals surface area contributed by atoms with E-state index in [0.29, 0.717) is 11.0 Å². The molecule has 0 unspecified atom stereocenters. The Kier molecular flexibility index (Phi) is 3.77. The maximum Gasteiger partial charge on any atom is 0.323 e. The maximum absolute atomic E-state index is 13.1. The van der Waals surface area contributed by atoms with Crippen LogP contribution in [0.2, 0.25) is 0 Å². The van der Waals surface area contributed by atoms with Crippen molar-refractivity contribution < 1.29 is 8.42 Å². The standard InChI is InChI=1S/C18H19N3O3S/c1-21(17-8-4-6-12-5-2-3-7-14(12)17)25(23,24)13-9-10-15-16(11-13)20-18(22)19-15/h2-3,5,7,9-11,17H,4,6,8H2,1H3,(H2,19,20,22)/t17-/m1/s1. The van der Waals surface area contributed by atoms with E-state index in [1.165, 1.54) is 22.0 Å². The topological polar surface area (TPSA) is 86.0 Å². The van der Waals surface area contributed by atoms with Gasteiger partial charge in [0.05, 0.1) is 15.9 Å². The number of fused-ring (bicyclic) bond motifs is 2. The minimum Gasteiger partial charge on any atom is -0.306 e. The molecule has 3 aromatic rings. The van der Waals surface area contributed by atoms with Crippen molar-refractivity contribution in [1.82, 2.24) is 14.3 Å². The van der Waals surface area contributed by atoms with E-state index in [9.17, 15) is 13.2 Å². The summed E-state index contributed by atoms with van der Waals surface area (Å²) in [6.07, 6.45) is 2.75. The molecule has 0 bridgehead atoms. The van der Waals surface area contributed by atoms with E-state index in [0.717, 1.165) is 24.8 Å². The van der Waals surface area contributed by atoms with Gasteiger partial charge in [-0.15, -0.1) is 0 Å². The second-order valence-electron chi connectivity index (χ2n) is 6.41. The number of aromatic nitrogens is 2. The van der Waals surface area contributed by atoms with Crippen LogP contribution in [0.3, 0.4) is 0 Å². The molecule has 1 aliphatic carbocycles. The van der Waals surface area contributed by atoms with Gasteiger partial charge in [0.2, 0.25) is 10.0 Å². The average Bonchev–Trinajstić information content (AvgIpc) is 2.99. The monoisotopic (exact) mass is 357 g/mol. The Labute approximate surface area is 145 Å². The molecule has 6 nitrogen and oxygen atoms in total. The van der Waals surface area contributed by atoms with Crippen molar-refractivity contribution in [2.75, 3.05) is 7.05 Å². The van der Waals surface area contributed by atoms with E-state index in [4.69, 9.17) is 0 Å². The predicted molar refractivity (Wildman–Crippen MR) is 96.0 cm³/mol. The lowest BCUT2D eigenvalue weighted by Crippen LogP contribution is -2.33. The molecule has 7 heteroatoms. The number of imidazole rings is 1. The molecule has 0 saturated heterocycles. The van der Waals surface area contributed by atoms with Crippen LogP contribution in [0.4, 0.5) is 0 Å². The number of hydrogen-bond acceptors (Lipinski definition) is 3. The number of hydrogen-bond donors (Lipinski definition) is 2. The third-order valence-electron chi connectivity index (χ3n) is 4.94. The Morgan fingerprint density at radius 3 is 2.68 bits per heavy atom. The lowest BCUT2D eigenvalue weighted by molar-refractivity contribution is 0.337. The van der Waals surface area contributed by atoms with E-state index in [-0.39, 0.29) is 16.6 Å². The molecule has 0 fully saturated rings. The maximum atomic E-state index is 13.1. The zero-order valence-electron chi connectivity index (χ0n) is 13.8. The predicted octanol–water partition coefficient (Wildman–Crippen LogP) is 2.55. The molecule has 1 heterocycles. The van der Waals surface area contributed by atoms with E-state index in [2.05, 4.69) is 16.0 Å². The highest BCUT2D eigenvalue weighted by Crippen LogP contribution is 2.36. The number of nitrogens with zero attached hydrogens (tertiary/aromatic N) is 1. The molecule has 4 rings (SSSR count). The van der Waals surface area contributed by atoms with Gasteiger partial charge in [-0.1, -0.05) is 24.3 Å². The van der Waals surface area contributed by atoms with Crippen LogP contribution in [0.15, 0.2) is 52.2 Å². The molecule has 0 amide bonds. The summed E-state index contributed by atoms with van der Waals surface area (Å²) in [5.74, 6) is 0. The number of nitrogens with one attached hydrogen (secondary N) is 2. The number of sulfonamides is 1. The smallest absolute Gasteiger partial charge is 0.306 e. The van der Waals surface area contributed by atoms with Crippen molar-refractivity contribution in [3.63, 3.8) is 0 Å². The molecule has 1 aliphatic rings. The van der Waals surface area contributed by atoms with Crippen molar-refractivity contribution in [2.24, 2.45) is 0 Å². The van der Waals surface area contributed by atoms with E-state index < -0.39 is 10.0 Å².